The van der Waals surface area contributed by atoms with Gasteiger partial charge in [0.2, 0.25) is 0 Å². The Morgan fingerprint density at radius 2 is 2.39 bits per heavy atom. The van der Waals surface area contributed by atoms with Crippen LogP contribution in [0.5, 0.6) is 0 Å². The fourth-order valence-corrected chi connectivity index (χ4v) is 3.55. The van der Waals surface area contributed by atoms with E-state index in [1.807, 2.05) is 0 Å². The highest BCUT2D eigenvalue weighted by Gasteiger charge is 2.46. The highest BCUT2D eigenvalue weighted by molar-refractivity contribution is 5.77. The second-order valence-corrected chi connectivity index (χ2v) is 6.35. The van der Waals surface area contributed by atoms with Crippen LogP contribution in [0.4, 0.5) is 4.39 Å². The summed E-state index contributed by atoms with van der Waals surface area (Å²) in [5, 5.41) is 14.2. The summed E-state index contributed by atoms with van der Waals surface area (Å²) in [6.45, 7) is 0.900. The van der Waals surface area contributed by atoms with Crippen molar-refractivity contribution in [2.45, 2.75) is 43.7 Å². The number of hydrogen-bond donors (Lipinski definition) is 2. The summed E-state index contributed by atoms with van der Waals surface area (Å²) in [5.41, 5.74) is 0.0525. The fraction of sp³-hybridized carbons (Fsp3) is 0.500. The smallest absolute Gasteiger partial charge is 0.261 e. The quantitative estimate of drug-likeness (QED) is 0.855. The molecule has 2 saturated heterocycles. The van der Waals surface area contributed by atoms with Gasteiger partial charge in [-0.15, -0.1) is 0 Å². The van der Waals surface area contributed by atoms with E-state index in [1.165, 1.54) is 29.1 Å². The Bertz CT molecular complexity index is 793. The molecule has 3 heterocycles. The zero-order valence-corrected chi connectivity index (χ0v) is 12.5. The van der Waals surface area contributed by atoms with Gasteiger partial charge in [-0.2, -0.15) is 0 Å². The number of piperidine rings is 1. The standard InChI is InChI=1S/C16H18FN3O3/c17-10-3-4-12-11(6-10)15(21)20(9-19-12)8-16(22)7-13-14(23-16)2-1-5-18-13/h3-4,6,9,13-14,18,22H,1-2,5,7-8H2/t13-,14-,16?/m0/s1. The van der Waals surface area contributed by atoms with Gasteiger partial charge in [-0.25, -0.2) is 9.37 Å². The van der Waals surface area contributed by atoms with Crippen LogP contribution in [-0.2, 0) is 11.3 Å². The highest BCUT2D eigenvalue weighted by atomic mass is 19.1. The maximum Gasteiger partial charge on any atom is 0.261 e. The zero-order chi connectivity index (χ0) is 16.0. The maximum atomic E-state index is 13.4. The Kier molecular flexibility index (Phi) is 3.44. The maximum absolute atomic E-state index is 13.4. The highest BCUT2D eigenvalue weighted by Crippen LogP contribution is 2.33. The Labute approximate surface area is 131 Å². The summed E-state index contributed by atoms with van der Waals surface area (Å²) >= 11 is 0. The third kappa shape index (κ3) is 2.65. The van der Waals surface area contributed by atoms with Gasteiger partial charge in [-0.1, -0.05) is 0 Å². The molecule has 0 aliphatic carbocycles. The Hall–Kier alpha value is -1.83. The van der Waals surface area contributed by atoms with Crippen LogP contribution in [0.2, 0.25) is 0 Å². The molecule has 2 aliphatic rings. The average Bonchev–Trinajstić information content (AvgIpc) is 2.86. The molecular formula is C16H18FN3O3. The number of hydrogen-bond acceptors (Lipinski definition) is 5. The van der Waals surface area contributed by atoms with E-state index in [2.05, 4.69) is 10.3 Å². The first-order valence-electron chi connectivity index (χ1n) is 7.82. The van der Waals surface area contributed by atoms with Crippen LogP contribution < -0.4 is 10.9 Å². The number of fused-ring (bicyclic) bond motifs is 2. The third-order valence-electron chi connectivity index (χ3n) is 4.63. The van der Waals surface area contributed by atoms with E-state index in [-0.39, 0.29) is 29.6 Å². The van der Waals surface area contributed by atoms with Gasteiger partial charge in [-0.3, -0.25) is 9.36 Å². The van der Waals surface area contributed by atoms with Gasteiger partial charge < -0.3 is 15.2 Å². The number of benzene rings is 1. The normalized spacial score (nSPS) is 30.5. The van der Waals surface area contributed by atoms with Crippen LogP contribution in [-0.4, -0.2) is 39.1 Å². The molecular weight excluding hydrogens is 301 g/mol. The van der Waals surface area contributed by atoms with Crippen LogP contribution in [0.15, 0.2) is 29.3 Å². The minimum Gasteiger partial charge on any atom is -0.364 e. The van der Waals surface area contributed by atoms with Crippen molar-refractivity contribution in [3.8, 4) is 0 Å². The molecule has 0 saturated carbocycles. The first-order chi connectivity index (χ1) is 11.0. The van der Waals surface area contributed by atoms with Gasteiger partial charge >= 0.3 is 0 Å². The number of rotatable bonds is 2. The van der Waals surface area contributed by atoms with E-state index in [0.29, 0.717) is 11.9 Å². The molecule has 3 atom stereocenters. The first-order valence-corrected chi connectivity index (χ1v) is 7.82. The van der Waals surface area contributed by atoms with Crippen LogP contribution in [0.25, 0.3) is 10.9 Å². The lowest BCUT2D eigenvalue weighted by molar-refractivity contribution is -0.202. The molecule has 1 aromatic carbocycles. The molecule has 0 radical (unpaired) electrons. The van der Waals surface area contributed by atoms with E-state index in [0.717, 1.165) is 19.4 Å². The molecule has 0 bridgehead atoms. The summed E-state index contributed by atoms with van der Waals surface area (Å²) in [5.74, 6) is -1.89. The van der Waals surface area contributed by atoms with Crippen LogP contribution in [0.3, 0.4) is 0 Å². The zero-order valence-electron chi connectivity index (χ0n) is 12.5. The predicted octanol–water partition coefficient (Wildman–Crippen LogP) is 0.765. The van der Waals surface area contributed by atoms with Crippen LogP contribution >= 0.6 is 0 Å². The van der Waals surface area contributed by atoms with E-state index >= 15 is 0 Å². The summed E-state index contributed by atoms with van der Waals surface area (Å²) in [7, 11) is 0. The Morgan fingerprint density at radius 3 is 3.22 bits per heavy atom. The molecule has 6 nitrogen and oxygen atoms in total. The van der Waals surface area contributed by atoms with Crippen molar-refractivity contribution in [3.63, 3.8) is 0 Å². The van der Waals surface area contributed by atoms with Crippen molar-refractivity contribution in [3.05, 3.63) is 40.7 Å². The number of ether oxygens (including phenoxy) is 1. The van der Waals surface area contributed by atoms with Crippen molar-refractivity contribution >= 4 is 10.9 Å². The number of aliphatic hydroxyl groups is 1. The lowest BCUT2D eigenvalue weighted by atomic mass is 9.99. The van der Waals surface area contributed by atoms with Gasteiger partial charge in [0.1, 0.15) is 5.82 Å². The molecule has 122 valence electrons. The molecule has 4 rings (SSSR count). The molecule has 2 N–H and O–H groups in total. The molecule has 0 amide bonds. The number of nitrogens with one attached hydrogen (secondary N) is 1. The third-order valence-corrected chi connectivity index (χ3v) is 4.63. The molecule has 7 heteroatoms. The lowest BCUT2D eigenvalue weighted by Gasteiger charge is -2.25. The number of halogens is 1. The summed E-state index contributed by atoms with van der Waals surface area (Å²) in [6, 6.07) is 4.01. The molecule has 2 aliphatic heterocycles. The van der Waals surface area contributed by atoms with Crippen molar-refractivity contribution in [1.82, 2.24) is 14.9 Å². The van der Waals surface area contributed by atoms with Crippen LogP contribution in [0.1, 0.15) is 19.3 Å². The van der Waals surface area contributed by atoms with Gasteiger partial charge in [0.15, 0.2) is 5.79 Å². The monoisotopic (exact) mass is 319 g/mol. The van der Waals surface area contributed by atoms with Crippen molar-refractivity contribution in [2.24, 2.45) is 0 Å². The lowest BCUT2D eigenvalue weighted by Crippen LogP contribution is -2.41. The molecule has 1 aromatic heterocycles. The first kappa shape index (κ1) is 14.7. The van der Waals surface area contributed by atoms with Crippen molar-refractivity contribution < 1.29 is 14.2 Å². The van der Waals surface area contributed by atoms with E-state index in [4.69, 9.17) is 4.74 Å². The van der Waals surface area contributed by atoms with E-state index < -0.39 is 11.6 Å². The Morgan fingerprint density at radius 1 is 1.52 bits per heavy atom. The summed E-state index contributed by atoms with van der Waals surface area (Å²) in [4.78, 5) is 16.7. The molecule has 1 unspecified atom stereocenters. The van der Waals surface area contributed by atoms with E-state index in [1.54, 1.807) is 0 Å². The molecule has 23 heavy (non-hydrogen) atoms. The SMILES string of the molecule is O=c1c2cc(F)ccc2ncn1CC1(O)C[C@@H]2NCCC[C@@H]2O1. The number of aromatic nitrogens is 2. The van der Waals surface area contributed by atoms with Crippen molar-refractivity contribution in [2.75, 3.05) is 6.54 Å². The van der Waals surface area contributed by atoms with Crippen LogP contribution in [0, 0.1) is 5.82 Å². The van der Waals surface area contributed by atoms with E-state index in [9.17, 15) is 14.3 Å². The fourth-order valence-electron chi connectivity index (χ4n) is 3.55. The second-order valence-electron chi connectivity index (χ2n) is 6.35. The molecule has 2 aromatic rings. The molecule has 0 spiro atoms. The minimum absolute atomic E-state index is 0.0139. The van der Waals surface area contributed by atoms with Gasteiger partial charge in [0.25, 0.3) is 5.56 Å². The minimum atomic E-state index is -1.40. The summed E-state index contributed by atoms with van der Waals surface area (Å²) < 4.78 is 20.4. The van der Waals surface area contributed by atoms with Gasteiger partial charge in [0.05, 0.1) is 29.9 Å². The van der Waals surface area contributed by atoms with Gasteiger partial charge in [0, 0.05) is 12.5 Å². The van der Waals surface area contributed by atoms with Crippen molar-refractivity contribution in [1.29, 1.82) is 0 Å². The topological polar surface area (TPSA) is 76.4 Å². The number of nitrogens with zero attached hydrogens (tertiary/aromatic N) is 2. The largest absolute Gasteiger partial charge is 0.364 e. The Balaban J connectivity index is 1.65. The predicted molar refractivity (Wildman–Crippen MR) is 81.4 cm³/mol. The molecule has 2 fully saturated rings. The van der Waals surface area contributed by atoms with Gasteiger partial charge in [-0.05, 0) is 37.6 Å². The second kappa shape index (κ2) is 5.36. The average molecular weight is 319 g/mol. The summed E-state index contributed by atoms with van der Waals surface area (Å²) in [6.07, 6.45) is 3.67.